The molecule has 0 atom stereocenters. The monoisotopic (exact) mass is 492 g/mol. The third-order valence-electron chi connectivity index (χ3n) is 5.20. The molecule has 0 heterocycles. The lowest BCUT2D eigenvalue weighted by atomic mass is 9.96. The zero-order chi connectivity index (χ0) is 26.4. The average molecular weight is 493 g/mol. The third kappa shape index (κ3) is 6.44. The molecule has 0 amide bonds. The van der Waals surface area contributed by atoms with Gasteiger partial charge in [-0.05, 0) is 67.8 Å². The Kier molecular flexibility index (Phi) is 8.38. The van der Waals surface area contributed by atoms with Crippen molar-refractivity contribution in [2.24, 2.45) is 0 Å². The molecule has 0 spiro atoms. The third-order valence-corrected chi connectivity index (χ3v) is 5.20. The van der Waals surface area contributed by atoms with Crippen molar-refractivity contribution in [2.75, 3.05) is 13.2 Å². The highest BCUT2D eigenvalue weighted by molar-refractivity contribution is 5.89. The molecular formula is C29H26F2O5. The Morgan fingerprint density at radius 3 is 1.97 bits per heavy atom. The van der Waals surface area contributed by atoms with Crippen molar-refractivity contribution in [1.29, 1.82) is 0 Å². The van der Waals surface area contributed by atoms with Crippen LogP contribution in [0.5, 0.6) is 11.5 Å². The lowest BCUT2D eigenvalue weighted by Gasteiger charge is -2.12. The van der Waals surface area contributed by atoms with Gasteiger partial charge in [0.2, 0.25) is 0 Å². The first-order chi connectivity index (χ1) is 17.1. The summed E-state index contributed by atoms with van der Waals surface area (Å²) in [5.74, 6) is -1.59. The van der Waals surface area contributed by atoms with Gasteiger partial charge in [0.1, 0.15) is 36.3 Å². The van der Waals surface area contributed by atoms with Crippen molar-refractivity contribution in [1.82, 2.24) is 0 Å². The fourth-order valence-electron chi connectivity index (χ4n) is 3.33. The highest BCUT2D eigenvalue weighted by Gasteiger charge is 2.14. The molecule has 186 valence electrons. The zero-order valence-corrected chi connectivity index (χ0v) is 20.3. The number of rotatable bonds is 9. The summed E-state index contributed by atoms with van der Waals surface area (Å²) < 4.78 is 45.4. The molecular weight excluding hydrogens is 466 g/mol. The van der Waals surface area contributed by atoms with Gasteiger partial charge in [0.15, 0.2) is 0 Å². The van der Waals surface area contributed by atoms with Crippen LogP contribution in [0.25, 0.3) is 22.3 Å². The second-order valence-electron chi connectivity index (χ2n) is 8.25. The molecule has 0 aliphatic heterocycles. The Morgan fingerprint density at radius 2 is 1.36 bits per heavy atom. The van der Waals surface area contributed by atoms with Crippen LogP contribution in [0.1, 0.15) is 19.4 Å². The van der Waals surface area contributed by atoms with Gasteiger partial charge in [-0.2, -0.15) is 0 Å². The molecule has 0 saturated carbocycles. The first-order valence-corrected chi connectivity index (χ1v) is 11.1. The van der Waals surface area contributed by atoms with E-state index < -0.39 is 23.6 Å². The molecule has 0 unspecified atom stereocenters. The standard InChI is InChI=1S/C29H26F2O5/c1-17(2)28(32)35-13-12-34-21-7-11-24(27(31)16-21)20-6-9-25(26(30)15-20)23-10-8-22(14-19(23)5)36-29(33)18(3)4/h6-11,14-16H,1,3,12-13H2,2,4-5H3. The molecule has 0 bridgehead atoms. The van der Waals surface area contributed by atoms with Crippen LogP contribution in [0.2, 0.25) is 0 Å². The summed E-state index contributed by atoms with van der Waals surface area (Å²) in [4.78, 5) is 23.1. The first-order valence-electron chi connectivity index (χ1n) is 11.1. The minimum absolute atomic E-state index is 0.00153. The van der Waals surface area contributed by atoms with E-state index in [0.717, 1.165) is 0 Å². The van der Waals surface area contributed by atoms with E-state index in [0.29, 0.717) is 28.0 Å². The van der Waals surface area contributed by atoms with Crippen molar-refractivity contribution in [3.05, 3.63) is 96.1 Å². The molecule has 7 heteroatoms. The molecule has 3 rings (SSSR count). The maximum absolute atomic E-state index is 15.1. The highest BCUT2D eigenvalue weighted by atomic mass is 19.1. The molecule has 0 N–H and O–H groups in total. The number of aryl methyl sites for hydroxylation is 1. The fraction of sp³-hybridized carbons (Fsp3) is 0.172. The first kappa shape index (κ1) is 26.3. The molecule has 3 aromatic carbocycles. The van der Waals surface area contributed by atoms with E-state index in [1.165, 1.54) is 25.1 Å². The maximum Gasteiger partial charge on any atom is 0.338 e. The van der Waals surface area contributed by atoms with Crippen LogP contribution in [0.4, 0.5) is 8.78 Å². The van der Waals surface area contributed by atoms with Gasteiger partial charge in [0.25, 0.3) is 0 Å². The second kappa shape index (κ2) is 11.4. The van der Waals surface area contributed by atoms with Crippen LogP contribution in [0.3, 0.4) is 0 Å². The molecule has 0 fully saturated rings. The molecule has 5 nitrogen and oxygen atoms in total. The number of hydrogen-bond acceptors (Lipinski definition) is 5. The van der Waals surface area contributed by atoms with E-state index >= 15 is 4.39 Å². The predicted molar refractivity (Wildman–Crippen MR) is 134 cm³/mol. The van der Waals surface area contributed by atoms with Crippen LogP contribution in [0.15, 0.2) is 78.9 Å². The maximum atomic E-state index is 15.1. The van der Waals surface area contributed by atoms with Crippen molar-refractivity contribution in [3.8, 4) is 33.8 Å². The van der Waals surface area contributed by atoms with E-state index in [1.54, 1.807) is 50.2 Å². The minimum atomic E-state index is -0.585. The summed E-state index contributed by atoms with van der Waals surface area (Å²) in [6, 6.07) is 13.6. The molecule has 0 radical (unpaired) electrons. The molecule has 0 aromatic heterocycles. The van der Waals surface area contributed by atoms with Gasteiger partial charge in [-0.1, -0.05) is 31.4 Å². The number of carbonyl (C=O) groups excluding carboxylic acids is 2. The lowest BCUT2D eigenvalue weighted by Crippen LogP contribution is -2.12. The van der Waals surface area contributed by atoms with Crippen LogP contribution in [-0.4, -0.2) is 25.2 Å². The van der Waals surface area contributed by atoms with Gasteiger partial charge >= 0.3 is 11.9 Å². The van der Waals surface area contributed by atoms with Crippen molar-refractivity contribution in [2.45, 2.75) is 20.8 Å². The molecule has 36 heavy (non-hydrogen) atoms. The van der Waals surface area contributed by atoms with Gasteiger partial charge < -0.3 is 14.2 Å². The summed E-state index contributed by atoms with van der Waals surface area (Å²) in [6.45, 7) is 11.9. The smallest absolute Gasteiger partial charge is 0.338 e. The molecule has 0 saturated heterocycles. The largest absolute Gasteiger partial charge is 0.490 e. The number of esters is 2. The van der Waals surface area contributed by atoms with Crippen molar-refractivity contribution < 1.29 is 32.6 Å². The summed E-state index contributed by atoms with van der Waals surface area (Å²) >= 11 is 0. The zero-order valence-electron chi connectivity index (χ0n) is 20.3. The molecule has 3 aromatic rings. The number of ether oxygens (including phenoxy) is 3. The summed E-state index contributed by atoms with van der Waals surface area (Å²) in [5.41, 5.74) is 2.77. The van der Waals surface area contributed by atoms with E-state index in [-0.39, 0.29) is 35.7 Å². The van der Waals surface area contributed by atoms with Gasteiger partial charge in [-0.3, -0.25) is 0 Å². The Bertz CT molecular complexity index is 1340. The Balaban J connectivity index is 1.73. The summed E-state index contributed by atoms with van der Waals surface area (Å²) in [5, 5.41) is 0. The SMILES string of the molecule is C=C(C)C(=O)OCCOc1ccc(-c2ccc(-c3ccc(OC(=O)C(=C)C)cc3C)c(F)c2)c(F)c1. The average Bonchev–Trinajstić information content (AvgIpc) is 2.82. The van der Waals surface area contributed by atoms with Crippen LogP contribution in [-0.2, 0) is 14.3 Å². The lowest BCUT2D eigenvalue weighted by molar-refractivity contribution is -0.139. The van der Waals surface area contributed by atoms with Crippen LogP contribution < -0.4 is 9.47 Å². The summed E-state index contributed by atoms with van der Waals surface area (Å²) in [7, 11) is 0. The fourth-order valence-corrected chi connectivity index (χ4v) is 3.33. The second-order valence-corrected chi connectivity index (χ2v) is 8.25. The Labute approximate surface area is 208 Å². The predicted octanol–water partition coefficient (Wildman–Crippen LogP) is 6.59. The van der Waals surface area contributed by atoms with Gasteiger partial charge in [-0.25, -0.2) is 18.4 Å². The topological polar surface area (TPSA) is 61.8 Å². The Morgan fingerprint density at radius 1 is 0.750 bits per heavy atom. The Hall–Kier alpha value is -4.26. The van der Waals surface area contributed by atoms with Crippen LogP contribution >= 0.6 is 0 Å². The number of hydrogen-bond donors (Lipinski definition) is 0. The summed E-state index contributed by atoms with van der Waals surface area (Å²) in [6.07, 6.45) is 0. The van der Waals surface area contributed by atoms with Crippen molar-refractivity contribution >= 4 is 11.9 Å². The van der Waals surface area contributed by atoms with Gasteiger partial charge in [0, 0.05) is 28.3 Å². The van der Waals surface area contributed by atoms with E-state index in [9.17, 15) is 14.0 Å². The van der Waals surface area contributed by atoms with Gasteiger partial charge in [0.05, 0.1) is 0 Å². The number of halogens is 2. The quantitative estimate of drug-likeness (QED) is 0.146. The van der Waals surface area contributed by atoms with Crippen LogP contribution in [0, 0.1) is 18.6 Å². The highest BCUT2D eigenvalue weighted by Crippen LogP contribution is 2.33. The van der Waals surface area contributed by atoms with E-state index in [4.69, 9.17) is 14.2 Å². The van der Waals surface area contributed by atoms with E-state index in [1.807, 2.05) is 0 Å². The van der Waals surface area contributed by atoms with Gasteiger partial charge in [-0.15, -0.1) is 0 Å². The number of carbonyl (C=O) groups is 2. The van der Waals surface area contributed by atoms with E-state index in [2.05, 4.69) is 13.2 Å². The minimum Gasteiger partial charge on any atom is -0.490 e. The normalized spacial score (nSPS) is 10.5. The number of benzene rings is 3. The van der Waals surface area contributed by atoms with Crippen molar-refractivity contribution in [3.63, 3.8) is 0 Å². The molecule has 0 aliphatic rings. The molecule has 0 aliphatic carbocycles.